The monoisotopic (exact) mass is 362 g/mol. The van der Waals surface area contributed by atoms with Gasteiger partial charge < -0.3 is 9.84 Å². The van der Waals surface area contributed by atoms with E-state index in [2.05, 4.69) is 6.92 Å². The van der Waals surface area contributed by atoms with Crippen molar-refractivity contribution >= 4 is 11.8 Å². The number of aliphatic hydroxyl groups is 1. The summed E-state index contributed by atoms with van der Waals surface area (Å²) in [6, 6.07) is 0. The molecular weight excluding hydrogens is 328 g/mol. The molecule has 4 atom stereocenters. The molecule has 0 spiro atoms. The highest BCUT2D eigenvalue weighted by molar-refractivity contribution is 5.95. The van der Waals surface area contributed by atoms with Crippen LogP contribution in [0.4, 0.5) is 0 Å². The molecule has 0 heterocycles. The summed E-state index contributed by atoms with van der Waals surface area (Å²) in [5.74, 6) is -0.463. The van der Waals surface area contributed by atoms with E-state index in [1.807, 2.05) is 39.8 Å². The van der Waals surface area contributed by atoms with E-state index in [0.717, 1.165) is 30.4 Å². The van der Waals surface area contributed by atoms with E-state index in [-0.39, 0.29) is 30.0 Å². The van der Waals surface area contributed by atoms with Gasteiger partial charge in [0.2, 0.25) is 0 Å². The molecule has 1 fully saturated rings. The summed E-state index contributed by atoms with van der Waals surface area (Å²) >= 11 is 0. The molecule has 146 valence electrons. The Morgan fingerprint density at radius 2 is 1.96 bits per heavy atom. The van der Waals surface area contributed by atoms with Crippen LogP contribution in [0, 0.1) is 17.3 Å². The molecule has 26 heavy (non-hydrogen) atoms. The third kappa shape index (κ3) is 3.95. The number of ether oxygens (including phenoxy) is 1. The van der Waals surface area contributed by atoms with Gasteiger partial charge in [0.1, 0.15) is 6.10 Å². The molecule has 4 nitrogen and oxygen atoms in total. The number of fused-ring (bicyclic) bond motifs is 1. The van der Waals surface area contributed by atoms with Gasteiger partial charge in [0.05, 0.1) is 5.60 Å². The zero-order valence-electron chi connectivity index (χ0n) is 17.1. The van der Waals surface area contributed by atoms with Crippen molar-refractivity contribution < 1.29 is 19.4 Å². The minimum Gasteiger partial charge on any atom is -0.458 e. The van der Waals surface area contributed by atoms with Crippen molar-refractivity contribution in [3.8, 4) is 0 Å². The lowest BCUT2D eigenvalue weighted by molar-refractivity contribution is -0.155. The van der Waals surface area contributed by atoms with E-state index in [9.17, 15) is 14.7 Å². The van der Waals surface area contributed by atoms with Crippen LogP contribution >= 0.6 is 0 Å². The number of carbonyl (C=O) groups excluding carboxylic acids is 2. The molecule has 2 aliphatic rings. The van der Waals surface area contributed by atoms with Gasteiger partial charge in [-0.25, -0.2) is 0 Å². The summed E-state index contributed by atoms with van der Waals surface area (Å²) in [5, 5.41) is 11.5. The van der Waals surface area contributed by atoms with Crippen molar-refractivity contribution in [3.05, 3.63) is 23.3 Å². The van der Waals surface area contributed by atoms with Gasteiger partial charge in [-0.05, 0) is 57.1 Å². The lowest BCUT2D eigenvalue weighted by Crippen LogP contribution is -2.48. The van der Waals surface area contributed by atoms with Gasteiger partial charge in [0.15, 0.2) is 5.78 Å². The summed E-state index contributed by atoms with van der Waals surface area (Å²) in [4.78, 5) is 24.6. The van der Waals surface area contributed by atoms with E-state index in [4.69, 9.17) is 4.74 Å². The van der Waals surface area contributed by atoms with Gasteiger partial charge in [-0.1, -0.05) is 32.4 Å². The number of rotatable bonds is 2. The summed E-state index contributed by atoms with van der Waals surface area (Å²) in [6.45, 7) is 11.4. The first-order chi connectivity index (χ1) is 12.0. The van der Waals surface area contributed by atoms with Crippen molar-refractivity contribution in [3.63, 3.8) is 0 Å². The first-order valence-corrected chi connectivity index (χ1v) is 9.77. The minimum absolute atomic E-state index is 0.0274. The molecule has 1 saturated carbocycles. The van der Waals surface area contributed by atoms with E-state index in [1.54, 1.807) is 0 Å². The second kappa shape index (κ2) is 7.67. The van der Waals surface area contributed by atoms with Crippen LogP contribution in [0.1, 0.15) is 73.6 Å². The number of allylic oxidation sites excluding steroid dienone is 3. The summed E-state index contributed by atoms with van der Waals surface area (Å²) in [7, 11) is 0. The maximum Gasteiger partial charge on any atom is 0.303 e. The largest absolute Gasteiger partial charge is 0.458 e. The topological polar surface area (TPSA) is 63.6 Å². The lowest BCUT2D eigenvalue weighted by Gasteiger charge is -2.43. The molecule has 0 amide bonds. The predicted octanol–water partition coefficient (Wildman–Crippen LogP) is 4.37. The molecule has 2 rings (SSSR count). The Kier molecular flexibility index (Phi) is 6.17. The molecule has 1 N–H and O–H groups in total. The Hall–Kier alpha value is -1.42. The fraction of sp³-hybridized carbons (Fsp3) is 0.727. The molecule has 0 aliphatic heterocycles. The number of hydrogen-bond acceptors (Lipinski definition) is 4. The van der Waals surface area contributed by atoms with Crippen LogP contribution in [0.15, 0.2) is 23.3 Å². The molecule has 0 saturated heterocycles. The van der Waals surface area contributed by atoms with Crippen LogP contribution in [-0.2, 0) is 14.3 Å². The molecule has 0 radical (unpaired) electrons. The molecule has 0 aromatic rings. The number of ketones is 1. The van der Waals surface area contributed by atoms with Gasteiger partial charge in [-0.2, -0.15) is 0 Å². The van der Waals surface area contributed by atoms with Crippen LogP contribution in [0.3, 0.4) is 0 Å². The SMILES string of the molecule is CC(=O)O[C@@H]1/C=C(\C)CC/C=C(\C)C(=O)C[C@@H]2[C@]1(C)CC[C@@]2(O)C(C)C. The molecule has 4 heteroatoms. The van der Waals surface area contributed by atoms with Crippen molar-refractivity contribution in [1.82, 2.24) is 0 Å². The number of esters is 1. The van der Waals surface area contributed by atoms with Crippen LogP contribution in [0.25, 0.3) is 0 Å². The Labute approximate surface area is 157 Å². The normalized spacial score (nSPS) is 40.1. The van der Waals surface area contributed by atoms with E-state index >= 15 is 0 Å². The lowest BCUT2D eigenvalue weighted by atomic mass is 9.66. The van der Waals surface area contributed by atoms with E-state index in [1.165, 1.54) is 6.92 Å². The first kappa shape index (κ1) is 20.9. The van der Waals surface area contributed by atoms with Crippen molar-refractivity contribution in [1.29, 1.82) is 0 Å². The zero-order valence-corrected chi connectivity index (χ0v) is 17.1. The number of carbonyl (C=O) groups is 2. The number of hydrogen-bond donors (Lipinski definition) is 1. The summed E-state index contributed by atoms with van der Waals surface area (Å²) in [6.07, 6.45) is 6.87. The highest BCUT2D eigenvalue weighted by atomic mass is 16.5. The molecule has 0 bridgehead atoms. The molecule has 0 aromatic heterocycles. The Morgan fingerprint density at radius 1 is 1.31 bits per heavy atom. The fourth-order valence-electron chi connectivity index (χ4n) is 4.69. The first-order valence-electron chi connectivity index (χ1n) is 9.77. The predicted molar refractivity (Wildman–Crippen MR) is 103 cm³/mol. The standard InChI is InChI=1S/C22H34O4/c1-14(2)22(25)11-10-21(6)19(22)13-18(24)16(4)9-7-8-15(3)12-20(21)26-17(5)23/h9,12,14,19-20,25H,7-8,10-11,13H2,1-6H3/b15-12+,16-9+/t19-,20-,21+,22-/m1/s1. The van der Waals surface area contributed by atoms with Crippen LogP contribution in [0.5, 0.6) is 0 Å². The third-order valence-electron chi connectivity index (χ3n) is 6.66. The minimum atomic E-state index is -0.932. The fourth-order valence-corrected chi connectivity index (χ4v) is 4.69. The van der Waals surface area contributed by atoms with Crippen molar-refractivity contribution in [2.24, 2.45) is 17.3 Å². The smallest absolute Gasteiger partial charge is 0.303 e. The van der Waals surface area contributed by atoms with Crippen LogP contribution < -0.4 is 0 Å². The third-order valence-corrected chi connectivity index (χ3v) is 6.66. The highest BCUT2D eigenvalue weighted by Gasteiger charge is 2.59. The van der Waals surface area contributed by atoms with Gasteiger partial charge in [0, 0.05) is 24.7 Å². The quantitative estimate of drug-likeness (QED) is 0.585. The van der Waals surface area contributed by atoms with Gasteiger partial charge in [-0.15, -0.1) is 0 Å². The molecule has 0 aromatic carbocycles. The van der Waals surface area contributed by atoms with Crippen LogP contribution in [-0.4, -0.2) is 28.6 Å². The van der Waals surface area contributed by atoms with E-state index in [0.29, 0.717) is 6.42 Å². The molecule has 0 unspecified atom stereocenters. The maximum absolute atomic E-state index is 12.8. The molecular formula is C22H34O4. The summed E-state index contributed by atoms with van der Waals surface area (Å²) in [5.41, 5.74) is 0.518. The second-order valence-electron chi connectivity index (χ2n) is 8.80. The number of Topliss-reactive ketones (excluding diaryl/α,β-unsaturated/α-hetero) is 1. The second-order valence-corrected chi connectivity index (χ2v) is 8.80. The van der Waals surface area contributed by atoms with E-state index < -0.39 is 17.1 Å². The Balaban J connectivity index is 2.57. The van der Waals surface area contributed by atoms with Crippen LogP contribution in [0.2, 0.25) is 0 Å². The van der Waals surface area contributed by atoms with Gasteiger partial charge in [-0.3, -0.25) is 9.59 Å². The highest BCUT2D eigenvalue weighted by Crippen LogP contribution is 2.56. The van der Waals surface area contributed by atoms with Crippen molar-refractivity contribution in [2.75, 3.05) is 0 Å². The van der Waals surface area contributed by atoms with Gasteiger partial charge in [0.25, 0.3) is 0 Å². The Bertz CT molecular complexity index is 630. The Morgan fingerprint density at radius 3 is 2.54 bits per heavy atom. The zero-order chi connectivity index (χ0) is 19.7. The van der Waals surface area contributed by atoms with Crippen molar-refractivity contribution in [2.45, 2.75) is 85.4 Å². The van der Waals surface area contributed by atoms with Gasteiger partial charge >= 0.3 is 5.97 Å². The summed E-state index contributed by atoms with van der Waals surface area (Å²) < 4.78 is 5.73. The maximum atomic E-state index is 12.8. The average Bonchev–Trinajstić information content (AvgIpc) is 2.80. The average molecular weight is 363 g/mol. The molecule has 2 aliphatic carbocycles.